The van der Waals surface area contributed by atoms with E-state index in [4.69, 9.17) is 0 Å². The number of benzene rings is 1. The van der Waals surface area contributed by atoms with Crippen LogP contribution in [0.5, 0.6) is 0 Å². The summed E-state index contributed by atoms with van der Waals surface area (Å²) in [5.41, 5.74) is 0.504. The van der Waals surface area contributed by atoms with Crippen LogP contribution in [0.25, 0.3) is 0 Å². The maximum absolute atomic E-state index is 13.0. The van der Waals surface area contributed by atoms with Crippen molar-refractivity contribution < 1.29 is 13.2 Å². The Bertz CT molecular complexity index is 907. The molecule has 2 heterocycles. The number of aromatic nitrogens is 3. The number of hydrogen-bond acceptors (Lipinski definition) is 6. The van der Waals surface area contributed by atoms with Gasteiger partial charge in [0.25, 0.3) is 0 Å². The van der Waals surface area contributed by atoms with Gasteiger partial charge in [-0.2, -0.15) is 4.31 Å². The molecule has 1 aliphatic heterocycles. The number of sulfonamides is 1. The highest BCUT2D eigenvalue weighted by molar-refractivity contribution is 7.98. The highest BCUT2D eigenvalue weighted by atomic mass is 32.2. The largest absolute Gasteiger partial charge is 0.309 e. The average molecular weight is 395 g/mol. The Morgan fingerprint density at radius 2 is 1.92 bits per heavy atom. The normalized spacial score (nSPS) is 18.8. The quantitative estimate of drug-likeness (QED) is 0.571. The van der Waals surface area contributed by atoms with Crippen molar-refractivity contribution >= 4 is 27.6 Å². The van der Waals surface area contributed by atoms with Crippen LogP contribution in [-0.2, 0) is 17.1 Å². The average Bonchev–Trinajstić information content (AvgIpc) is 3.02. The summed E-state index contributed by atoms with van der Waals surface area (Å²) in [7, 11) is -1.69. The molecule has 140 valence electrons. The second-order valence-corrected chi connectivity index (χ2v) is 9.10. The number of nitrogens with zero attached hydrogens (tertiary/aromatic N) is 4. The van der Waals surface area contributed by atoms with Crippen LogP contribution in [0.15, 0.2) is 34.3 Å². The number of carbonyl (C=O) groups is 1. The fourth-order valence-corrected chi connectivity index (χ4v) is 5.26. The molecule has 0 bridgehead atoms. The monoisotopic (exact) mass is 394 g/mol. The van der Waals surface area contributed by atoms with E-state index >= 15 is 0 Å². The minimum Gasteiger partial charge on any atom is -0.309 e. The first kappa shape index (κ1) is 19.1. The van der Waals surface area contributed by atoms with E-state index in [1.165, 1.54) is 35.1 Å². The van der Waals surface area contributed by atoms with E-state index in [1.54, 1.807) is 12.1 Å². The van der Waals surface area contributed by atoms with E-state index in [1.807, 2.05) is 17.9 Å². The van der Waals surface area contributed by atoms with Gasteiger partial charge < -0.3 is 4.57 Å². The van der Waals surface area contributed by atoms with Crippen LogP contribution in [0.2, 0.25) is 0 Å². The molecule has 1 aromatic carbocycles. The summed E-state index contributed by atoms with van der Waals surface area (Å²) in [5.74, 6) is 0.758. The maximum Gasteiger partial charge on any atom is 0.243 e. The van der Waals surface area contributed by atoms with Crippen molar-refractivity contribution in [3.8, 4) is 0 Å². The lowest BCUT2D eigenvalue weighted by Crippen LogP contribution is -2.39. The van der Waals surface area contributed by atoms with Gasteiger partial charge in [-0.1, -0.05) is 23.9 Å². The van der Waals surface area contributed by atoms with Gasteiger partial charge in [0, 0.05) is 31.6 Å². The van der Waals surface area contributed by atoms with Gasteiger partial charge in [-0.15, -0.1) is 10.2 Å². The summed E-state index contributed by atoms with van der Waals surface area (Å²) in [6, 6.07) is 6.13. The Morgan fingerprint density at radius 3 is 2.50 bits per heavy atom. The zero-order valence-electron chi connectivity index (χ0n) is 15.0. The van der Waals surface area contributed by atoms with Crippen LogP contribution < -0.4 is 0 Å². The molecule has 0 radical (unpaired) electrons. The van der Waals surface area contributed by atoms with Crippen molar-refractivity contribution in [1.29, 1.82) is 0 Å². The molecule has 1 atom stereocenters. The number of Topliss-reactive ketones (excluding diaryl/α,β-unsaturated/α-hetero) is 1. The van der Waals surface area contributed by atoms with E-state index in [0.717, 1.165) is 23.8 Å². The van der Waals surface area contributed by atoms with Gasteiger partial charge in [0.2, 0.25) is 10.0 Å². The number of carbonyl (C=O) groups excluding carboxylic acids is 1. The Labute approximate surface area is 157 Å². The lowest BCUT2D eigenvalue weighted by Gasteiger charge is -2.31. The highest BCUT2D eigenvalue weighted by Crippen LogP contribution is 2.30. The smallest absolute Gasteiger partial charge is 0.243 e. The molecule has 1 aromatic heterocycles. The van der Waals surface area contributed by atoms with Gasteiger partial charge in [-0.25, -0.2) is 8.42 Å². The van der Waals surface area contributed by atoms with E-state index < -0.39 is 10.0 Å². The zero-order valence-corrected chi connectivity index (χ0v) is 16.7. The summed E-state index contributed by atoms with van der Waals surface area (Å²) in [5, 5.41) is 9.24. The Hall–Kier alpha value is -1.71. The van der Waals surface area contributed by atoms with Gasteiger partial charge in [0.15, 0.2) is 10.9 Å². The molecule has 0 spiro atoms. The van der Waals surface area contributed by atoms with Crippen molar-refractivity contribution in [3.05, 3.63) is 35.7 Å². The van der Waals surface area contributed by atoms with Gasteiger partial charge >= 0.3 is 0 Å². The number of ketones is 1. The number of piperidine rings is 1. The molecular weight excluding hydrogens is 372 g/mol. The predicted molar refractivity (Wildman–Crippen MR) is 100.0 cm³/mol. The third-order valence-corrected chi connectivity index (χ3v) is 7.30. The van der Waals surface area contributed by atoms with Crippen molar-refractivity contribution in [2.75, 3.05) is 19.3 Å². The third-order valence-electron chi connectivity index (χ3n) is 4.70. The number of hydrogen-bond donors (Lipinski definition) is 0. The van der Waals surface area contributed by atoms with Gasteiger partial charge in [-0.05, 0) is 38.2 Å². The van der Waals surface area contributed by atoms with Crippen LogP contribution in [0.4, 0.5) is 0 Å². The molecule has 1 aliphatic rings. The molecule has 9 heteroatoms. The second kappa shape index (κ2) is 7.50. The van der Waals surface area contributed by atoms with E-state index in [9.17, 15) is 13.2 Å². The molecule has 1 fully saturated rings. The van der Waals surface area contributed by atoms with Crippen molar-refractivity contribution in [2.45, 2.75) is 35.7 Å². The van der Waals surface area contributed by atoms with Crippen LogP contribution in [0.1, 0.15) is 41.9 Å². The standard InChI is InChI=1S/C17H22N4O3S2/c1-12(22)13-6-8-15(9-7-13)26(23,24)21-10-4-5-14(11-21)16-18-19-17(25-3)20(16)2/h6-9,14H,4-5,10-11H2,1-3H3/t14-/m1/s1. The van der Waals surface area contributed by atoms with Crippen LogP contribution in [-0.4, -0.2) is 52.6 Å². The van der Waals surface area contributed by atoms with Gasteiger partial charge in [0.05, 0.1) is 4.90 Å². The fraction of sp³-hybridized carbons (Fsp3) is 0.471. The predicted octanol–water partition coefficient (Wildman–Crippen LogP) is 2.31. The first-order chi connectivity index (χ1) is 12.3. The zero-order chi connectivity index (χ0) is 18.9. The molecule has 7 nitrogen and oxygen atoms in total. The maximum atomic E-state index is 13.0. The third kappa shape index (κ3) is 3.56. The van der Waals surface area contributed by atoms with Crippen LogP contribution in [0.3, 0.4) is 0 Å². The molecule has 2 aromatic rings. The summed E-state index contributed by atoms with van der Waals surface area (Å²) in [4.78, 5) is 11.6. The molecule has 0 N–H and O–H groups in total. The number of rotatable bonds is 5. The summed E-state index contributed by atoms with van der Waals surface area (Å²) in [6.07, 6.45) is 3.60. The Kier molecular flexibility index (Phi) is 5.50. The highest BCUT2D eigenvalue weighted by Gasteiger charge is 2.33. The van der Waals surface area contributed by atoms with Gasteiger partial charge in [0.1, 0.15) is 5.82 Å². The molecular formula is C17H22N4O3S2. The van der Waals surface area contributed by atoms with E-state index in [-0.39, 0.29) is 16.6 Å². The van der Waals surface area contributed by atoms with Gasteiger partial charge in [-0.3, -0.25) is 4.79 Å². The molecule has 1 saturated heterocycles. The van der Waals surface area contributed by atoms with E-state index in [2.05, 4.69) is 10.2 Å². The Morgan fingerprint density at radius 1 is 1.23 bits per heavy atom. The lowest BCUT2D eigenvalue weighted by atomic mass is 9.99. The molecule has 0 unspecified atom stereocenters. The topological polar surface area (TPSA) is 85.2 Å². The second-order valence-electron chi connectivity index (χ2n) is 6.39. The molecule has 3 rings (SSSR count). The van der Waals surface area contributed by atoms with Crippen LogP contribution in [0, 0.1) is 0 Å². The molecule has 0 aliphatic carbocycles. The van der Waals surface area contributed by atoms with Crippen molar-refractivity contribution in [2.24, 2.45) is 7.05 Å². The van der Waals surface area contributed by atoms with Crippen molar-refractivity contribution in [1.82, 2.24) is 19.1 Å². The number of thioether (sulfide) groups is 1. The molecule has 26 heavy (non-hydrogen) atoms. The minimum absolute atomic E-state index is 0.0217. The summed E-state index contributed by atoms with van der Waals surface area (Å²) in [6.45, 7) is 2.33. The van der Waals surface area contributed by atoms with Crippen molar-refractivity contribution in [3.63, 3.8) is 0 Å². The summed E-state index contributed by atoms with van der Waals surface area (Å²) >= 11 is 1.52. The molecule has 0 saturated carbocycles. The minimum atomic E-state index is -3.60. The van der Waals surface area contributed by atoms with Crippen LogP contribution >= 0.6 is 11.8 Å². The van der Waals surface area contributed by atoms with E-state index in [0.29, 0.717) is 18.7 Å². The molecule has 0 amide bonds. The Balaban J connectivity index is 1.83. The first-order valence-corrected chi connectivity index (χ1v) is 11.1. The summed E-state index contributed by atoms with van der Waals surface area (Å²) < 4.78 is 29.4. The fourth-order valence-electron chi connectivity index (χ4n) is 3.24. The SMILES string of the molecule is CSc1nnc([C@@H]2CCCN(S(=O)(=O)c3ccc(C(C)=O)cc3)C2)n1C. The first-order valence-electron chi connectivity index (χ1n) is 8.39. The lowest BCUT2D eigenvalue weighted by molar-refractivity contribution is 0.101.